The Labute approximate surface area is 209 Å². The second-order valence-electron chi connectivity index (χ2n) is 8.90. The van der Waals surface area contributed by atoms with Crippen molar-refractivity contribution in [1.82, 2.24) is 30.2 Å². The Balaban J connectivity index is 1.47. The van der Waals surface area contributed by atoms with Crippen LogP contribution in [0.1, 0.15) is 43.6 Å². The Morgan fingerprint density at radius 2 is 1.81 bits per heavy atom. The highest BCUT2D eigenvalue weighted by Crippen LogP contribution is 2.30. The first-order valence-electron chi connectivity index (χ1n) is 12.3. The van der Waals surface area contributed by atoms with Crippen molar-refractivity contribution in [2.45, 2.75) is 46.6 Å². The molecule has 0 aliphatic rings. The van der Waals surface area contributed by atoms with Gasteiger partial charge in [-0.2, -0.15) is 5.21 Å². The smallest absolute Gasteiger partial charge is 0.224 e. The summed E-state index contributed by atoms with van der Waals surface area (Å²) in [4.78, 5) is 17.1. The Bertz CT molecular complexity index is 1500. The number of carbonyl (C=O) groups excluding carboxylic acids is 1. The molecule has 0 aliphatic heterocycles. The van der Waals surface area contributed by atoms with E-state index in [0.29, 0.717) is 18.8 Å². The van der Waals surface area contributed by atoms with Gasteiger partial charge in [-0.1, -0.05) is 62.4 Å². The van der Waals surface area contributed by atoms with E-state index >= 15 is 0 Å². The van der Waals surface area contributed by atoms with Crippen molar-refractivity contribution in [2.24, 2.45) is 0 Å². The van der Waals surface area contributed by atoms with Crippen molar-refractivity contribution < 1.29 is 4.79 Å². The molecule has 5 aromatic rings. The molecule has 1 amide bonds. The number of nitrogens with zero attached hydrogens (tertiary/aromatic N) is 5. The van der Waals surface area contributed by atoms with Gasteiger partial charge in [0.05, 0.1) is 11.0 Å². The first-order chi connectivity index (χ1) is 17.6. The van der Waals surface area contributed by atoms with Gasteiger partial charge >= 0.3 is 0 Å². The third kappa shape index (κ3) is 4.62. The molecule has 36 heavy (non-hydrogen) atoms. The quantitative estimate of drug-likeness (QED) is 0.304. The van der Waals surface area contributed by atoms with Gasteiger partial charge in [0.15, 0.2) is 0 Å². The summed E-state index contributed by atoms with van der Waals surface area (Å²) in [6.07, 6.45) is 2.15. The maximum Gasteiger partial charge on any atom is 0.224 e. The average Bonchev–Trinajstić information content (AvgIpc) is 3.54. The fourth-order valence-electron chi connectivity index (χ4n) is 4.59. The number of H-pyrrole nitrogens is 1. The molecule has 0 fully saturated rings. The summed E-state index contributed by atoms with van der Waals surface area (Å²) in [5.74, 6) is 1.63. The SMILES string of the molecule is CCCC(=O)Nc1cc(C)c2nc(CC)n(Cc3ccc(-c4ccccc4-c4nn[nH]n4)cc3)c2c1. The number of hydrogen-bond donors (Lipinski definition) is 2. The number of aromatic nitrogens is 6. The Kier molecular flexibility index (Phi) is 6.58. The van der Waals surface area contributed by atoms with Crippen LogP contribution in [0.3, 0.4) is 0 Å². The van der Waals surface area contributed by atoms with E-state index in [0.717, 1.165) is 57.6 Å². The highest BCUT2D eigenvalue weighted by atomic mass is 16.1. The largest absolute Gasteiger partial charge is 0.326 e. The number of carbonyl (C=O) groups is 1. The van der Waals surface area contributed by atoms with Crippen molar-refractivity contribution in [3.8, 4) is 22.5 Å². The zero-order chi connectivity index (χ0) is 25.1. The molecule has 2 heterocycles. The van der Waals surface area contributed by atoms with Gasteiger partial charge in [-0.05, 0) is 52.9 Å². The van der Waals surface area contributed by atoms with E-state index in [1.807, 2.05) is 44.2 Å². The summed E-state index contributed by atoms with van der Waals surface area (Å²) in [5.41, 5.74) is 8.12. The fraction of sp³-hybridized carbons (Fsp3) is 0.250. The van der Waals surface area contributed by atoms with Crippen molar-refractivity contribution in [1.29, 1.82) is 0 Å². The lowest BCUT2D eigenvalue weighted by Gasteiger charge is -2.12. The molecule has 5 rings (SSSR count). The fourth-order valence-corrected chi connectivity index (χ4v) is 4.59. The van der Waals surface area contributed by atoms with Crippen LogP contribution in [0.4, 0.5) is 5.69 Å². The summed E-state index contributed by atoms with van der Waals surface area (Å²) < 4.78 is 2.25. The molecule has 0 saturated heterocycles. The van der Waals surface area contributed by atoms with Gasteiger partial charge in [0.25, 0.3) is 0 Å². The van der Waals surface area contributed by atoms with Crippen LogP contribution >= 0.6 is 0 Å². The predicted molar refractivity (Wildman–Crippen MR) is 142 cm³/mol. The number of imidazole rings is 1. The number of aryl methyl sites for hydroxylation is 2. The molecule has 8 nitrogen and oxygen atoms in total. The number of amides is 1. The van der Waals surface area contributed by atoms with Crippen LogP contribution in [0.2, 0.25) is 0 Å². The molecule has 0 spiro atoms. The lowest BCUT2D eigenvalue weighted by molar-refractivity contribution is -0.116. The molecule has 0 saturated carbocycles. The number of nitrogens with one attached hydrogen (secondary N) is 2. The van der Waals surface area contributed by atoms with Crippen LogP contribution in [-0.2, 0) is 17.8 Å². The molecule has 0 bridgehead atoms. The van der Waals surface area contributed by atoms with Gasteiger partial charge in [0.2, 0.25) is 11.7 Å². The molecule has 0 atom stereocenters. The van der Waals surface area contributed by atoms with Crippen molar-refractivity contribution >= 4 is 22.6 Å². The first-order valence-corrected chi connectivity index (χ1v) is 12.3. The van der Waals surface area contributed by atoms with Gasteiger partial charge in [-0.25, -0.2) is 4.98 Å². The van der Waals surface area contributed by atoms with Gasteiger partial charge in [0, 0.05) is 30.6 Å². The molecule has 2 N–H and O–H groups in total. The topological polar surface area (TPSA) is 101 Å². The number of hydrogen-bond acceptors (Lipinski definition) is 5. The van der Waals surface area contributed by atoms with E-state index in [1.165, 1.54) is 5.56 Å². The van der Waals surface area contributed by atoms with Gasteiger partial charge < -0.3 is 9.88 Å². The third-order valence-corrected chi connectivity index (χ3v) is 6.32. The zero-order valence-electron chi connectivity index (χ0n) is 20.7. The molecule has 8 heteroatoms. The van der Waals surface area contributed by atoms with Crippen LogP contribution in [0.15, 0.2) is 60.7 Å². The highest BCUT2D eigenvalue weighted by Gasteiger charge is 2.15. The molecule has 0 aliphatic carbocycles. The third-order valence-electron chi connectivity index (χ3n) is 6.32. The maximum absolute atomic E-state index is 12.2. The summed E-state index contributed by atoms with van der Waals surface area (Å²) in [6.45, 7) is 6.86. The van der Waals surface area contributed by atoms with E-state index in [-0.39, 0.29) is 5.91 Å². The van der Waals surface area contributed by atoms with Crippen LogP contribution in [-0.4, -0.2) is 36.1 Å². The lowest BCUT2D eigenvalue weighted by Crippen LogP contribution is -2.11. The van der Waals surface area contributed by atoms with Gasteiger partial charge in [0.1, 0.15) is 5.82 Å². The predicted octanol–water partition coefficient (Wildman–Crippen LogP) is 5.54. The summed E-state index contributed by atoms with van der Waals surface area (Å²) in [5, 5.41) is 17.6. The van der Waals surface area contributed by atoms with E-state index in [2.05, 4.69) is 67.8 Å². The van der Waals surface area contributed by atoms with E-state index in [9.17, 15) is 4.79 Å². The normalized spacial score (nSPS) is 11.2. The van der Waals surface area contributed by atoms with Crippen molar-refractivity contribution in [2.75, 3.05) is 5.32 Å². The first kappa shape index (κ1) is 23.4. The Hall–Kier alpha value is -4.33. The summed E-state index contributed by atoms with van der Waals surface area (Å²) in [6, 6.07) is 20.6. The van der Waals surface area contributed by atoms with E-state index in [1.54, 1.807) is 0 Å². The minimum absolute atomic E-state index is 0.0368. The minimum atomic E-state index is 0.0368. The van der Waals surface area contributed by atoms with E-state index in [4.69, 9.17) is 4.98 Å². The van der Waals surface area contributed by atoms with Gasteiger partial charge in [-0.15, -0.1) is 10.2 Å². The average molecular weight is 480 g/mol. The number of anilines is 1. The molecule has 2 aromatic heterocycles. The standard InChI is InChI=1S/C28H29N7O/c1-4-8-26(36)29-21-15-18(3)27-24(16-21)35(25(5-2)30-27)17-19-11-13-20(14-12-19)22-9-6-7-10-23(22)28-31-33-34-32-28/h6-7,9-16H,4-5,8,17H2,1-3H3,(H,29,36)(H,31,32,33,34). The molecular formula is C28H29N7O. The molecule has 0 radical (unpaired) electrons. The molecule has 0 unspecified atom stereocenters. The maximum atomic E-state index is 12.2. The van der Waals surface area contributed by atoms with Crippen LogP contribution in [0, 0.1) is 6.92 Å². The molecule has 3 aromatic carbocycles. The number of benzene rings is 3. The Morgan fingerprint density at radius 3 is 2.50 bits per heavy atom. The number of aromatic amines is 1. The Morgan fingerprint density at radius 1 is 1.03 bits per heavy atom. The lowest BCUT2D eigenvalue weighted by atomic mass is 9.98. The number of rotatable bonds is 8. The van der Waals surface area contributed by atoms with E-state index < -0.39 is 0 Å². The van der Waals surface area contributed by atoms with Crippen molar-refractivity contribution in [3.63, 3.8) is 0 Å². The second kappa shape index (κ2) is 10.1. The van der Waals surface area contributed by atoms with Crippen molar-refractivity contribution in [3.05, 3.63) is 77.6 Å². The van der Waals surface area contributed by atoms with Gasteiger partial charge in [-0.3, -0.25) is 4.79 Å². The second-order valence-corrected chi connectivity index (χ2v) is 8.90. The molecule has 182 valence electrons. The number of tetrazole rings is 1. The summed E-state index contributed by atoms with van der Waals surface area (Å²) in [7, 11) is 0. The summed E-state index contributed by atoms with van der Waals surface area (Å²) >= 11 is 0. The van der Waals surface area contributed by atoms with Crippen LogP contribution < -0.4 is 5.32 Å². The zero-order valence-corrected chi connectivity index (χ0v) is 20.7. The monoisotopic (exact) mass is 479 g/mol. The molecular weight excluding hydrogens is 450 g/mol. The van der Waals surface area contributed by atoms with Crippen LogP contribution in [0.25, 0.3) is 33.5 Å². The van der Waals surface area contributed by atoms with Crippen LogP contribution in [0.5, 0.6) is 0 Å². The number of fused-ring (bicyclic) bond motifs is 1. The highest BCUT2D eigenvalue weighted by molar-refractivity contribution is 5.94. The minimum Gasteiger partial charge on any atom is -0.326 e.